The Kier molecular flexibility index (Phi) is 6.21. The fourth-order valence-electron chi connectivity index (χ4n) is 1.87. The van der Waals surface area contributed by atoms with Gasteiger partial charge >= 0.3 is 12.0 Å². The summed E-state index contributed by atoms with van der Waals surface area (Å²) >= 11 is 0. The summed E-state index contributed by atoms with van der Waals surface area (Å²) < 4.78 is 0. The molecule has 0 radical (unpaired) electrons. The van der Waals surface area contributed by atoms with Gasteiger partial charge in [0.1, 0.15) is 0 Å². The van der Waals surface area contributed by atoms with Crippen LogP contribution in [0.2, 0.25) is 0 Å². The van der Waals surface area contributed by atoms with Crippen molar-refractivity contribution in [1.29, 1.82) is 5.26 Å². The maximum absolute atomic E-state index is 12.0. The van der Waals surface area contributed by atoms with Crippen molar-refractivity contribution in [2.75, 3.05) is 18.5 Å². The highest BCUT2D eigenvalue weighted by Gasteiger charge is 2.18. The molecule has 0 fully saturated rings. The molecule has 6 heteroatoms. The van der Waals surface area contributed by atoms with E-state index in [1.165, 1.54) is 4.90 Å². The lowest BCUT2D eigenvalue weighted by Crippen LogP contribution is -2.41. The second-order valence-corrected chi connectivity index (χ2v) is 4.73. The van der Waals surface area contributed by atoms with Crippen LogP contribution in [0.1, 0.15) is 25.3 Å². The maximum Gasteiger partial charge on any atom is 0.321 e. The summed E-state index contributed by atoms with van der Waals surface area (Å²) in [6, 6.07) is 8.21. The van der Waals surface area contributed by atoms with Crippen molar-refractivity contribution < 1.29 is 14.7 Å². The lowest BCUT2D eigenvalue weighted by atomic mass is 10.0. The van der Waals surface area contributed by atoms with Crippen LogP contribution in [0.25, 0.3) is 0 Å². The fraction of sp³-hybridized carbons (Fsp3) is 0.400. The van der Waals surface area contributed by atoms with Gasteiger partial charge in [-0.2, -0.15) is 5.26 Å². The van der Waals surface area contributed by atoms with E-state index in [9.17, 15) is 9.59 Å². The Hall–Kier alpha value is -2.55. The highest BCUT2D eigenvalue weighted by molar-refractivity contribution is 5.91. The summed E-state index contributed by atoms with van der Waals surface area (Å²) in [5, 5.41) is 20.4. The molecule has 0 aliphatic rings. The van der Waals surface area contributed by atoms with E-state index in [0.717, 1.165) is 6.42 Å². The number of nitriles is 1. The number of carbonyl (C=O) groups excluding carboxylic acids is 1. The van der Waals surface area contributed by atoms with Gasteiger partial charge in [-0.25, -0.2) is 4.79 Å². The van der Waals surface area contributed by atoms with E-state index in [2.05, 4.69) is 5.32 Å². The van der Waals surface area contributed by atoms with Crippen LogP contribution >= 0.6 is 0 Å². The Labute approximate surface area is 124 Å². The molecule has 1 aromatic rings. The van der Waals surface area contributed by atoms with Gasteiger partial charge in [-0.3, -0.25) is 9.69 Å². The van der Waals surface area contributed by atoms with Crippen LogP contribution in [-0.2, 0) is 4.79 Å². The van der Waals surface area contributed by atoms with Gasteiger partial charge in [0, 0.05) is 19.3 Å². The minimum Gasteiger partial charge on any atom is -0.481 e. The lowest BCUT2D eigenvalue weighted by Gasteiger charge is -2.20. The molecule has 6 nitrogen and oxygen atoms in total. The molecule has 1 atom stereocenters. The fourth-order valence-corrected chi connectivity index (χ4v) is 1.87. The van der Waals surface area contributed by atoms with E-state index < -0.39 is 11.9 Å². The molecule has 1 unspecified atom stereocenters. The predicted octanol–water partition coefficient (Wildman–Crippen LogP) is 2.20. The number of nitrogens with one attached hydrogen (secondary N) is 1. The van der Waals surface area contributed by atoms with Crippen LogP contribution in [0.4, 0.5) is 10.5 Å². The van der Waals surface area contributed by atoms with Crippen molar-refractivity contribution in [3.05, 3.63) is 29.8 Å². The van der Waals surface area contributed by atoms with Gasteiger partial charge in [-0.1, -0.05) is 13.3 Å². The molecule has 0 aliphatic heterocycles. The number of carbonyl (C=O) groups is 2. The molecule has 0 aromatic heterocycles. The third-order valence-corrected chi connectivity index (χ3v) is 3.17. The average molecular weight is 289 g/mol. The van der Waals surface area contributed by atoms with Crippen molar-refractivity contribution >= 4 is 17.7 Å². The second kappa shape index (κ2) is 7.90. The lowest BCUT2D eigenvalue weighted by molar-refractivity contribution is -0.141. The number of nitrogens with zero attached hydrogens (tertiary/aromatic N) is 2. The molecular formula is C15H19N3O3. The number of aliphatic carboxylic acids is 1. The summed E-state index contributed by atoms with van der Waals surface area (Å²) in [5.41, 5.74) is 1.15. The highest BCUT2D eigenvalue weighted by atomic mass is 16.4. The van der Waals surface area contributed by atoms with Crippen LogP contribution in [0, 0.1) is 17.2 Å². The number of urea groups is 1. The Morgan fingerprint density at radius 2 is 2.00 bits per heavy atom. The van der Waals surface area contributed by atoms with Gasteiger partial charge in [-0.05, 0) is 30.7 Å². The van der Waals surface area contributed by atoms with Gasteiger partial charge in [-0.15, -0.1) is 0 Å². The molecule has 0 saturated heterocycles. The summed E-state index contributed by atoms with van der Waals surface area (Å²) in [7, 11) is 1.59. The van der Waals surface area contributed by atoms with Crippen LogP contribution in [0.15, 0.2) is 24.3 Å². The molecule has 2 amide bonds. The van der Waals surface area contributed by atoms with Crippen LogP contribution < -0.4 is 10.2 Å². The van der Waals surface area contributed by atoms with Crippen molar-refractivity contribution in [3.63, 3.8) is 0 Å². The van der Waals surface area contributed by atoms with Crippen LogP contribution in [0.5, 0.6) is 0 Å². The van der Waals surface area contributed by atoms with E-state index in [-0.39, 0.29) is 12.6 Å². The highest BCUT2D eigenvalue weighted by Crippen LogP contribution is 2.13. The van der Waals surface area contributed by atoms with Crippen molar-refractivity contribution in [2.45, 2.75) is 19.8 Å². The van der Waals surface area contributed by atoms with Crippen LogP contribution in [0.3, 0.4) is 0 Å². The van der Waals surface area contributed by atoms with Crippen molar-refractivity contribution in [3.8, 4) is 6.07 Å². The number of hydrogen-bond acceptors (Lipinski definition) is 3. The number of carboxylic acids is 1. The number of rotatable bonds is 6. The molecule has 0 heterocycles. The molecule has 0 aliphatic carbocycles. The van der Waals surface area contributed by atoms with Crippen molar-refractivity contribution in [2.24, 2.45) is 5.92 Å². The predicted molar refractivity (Wildman–Crippen MR) is 79.0 cm³/mol. The van der Waals surface area contributed by atoms with E-state index >= 15 is 0 Å². The second-order valence-electron chi connectivity index (χ2n) is 4.73. The first kappa shape index (κ1) is 16.5. The topological polar surface area (TPSA) is 93.4 Å². The smallest absolute Gasteiger partial charge is 0.321 e. The zero-order valence-electron chi connectivity index (χ0n) is 12.2. The van der Waals surface area contributed by atoms with Crippen LogP contribution in [-0.4, -0.2) is 30.7 Å². The number of amides is 2. The molecule has 1 rings (SSSR count). The van der Waals surface area contributed by atoms with E-state index in [1.807, 2.05) is 13.0 Å². The Balaban J connectivity index is 2.61. The molecule has 2 N–H and O–H groups in total. The Bertz CT molecular complexity index is 534. The molecule has 0 bridgehead atoms. The summed E-state index contributed by atoms with van der Waals surface area (Å²) in [6.45, 7) is 2.00. The van der Waals surface area contributed by atoms with Gasteiger partial charge < -0.3 is 10.4 Å². The standard InChI is InChI=1S/C15H19N3O3/c1-3-4-12(14(19)20)10-17-15(21)18(2)13-7-5-11(9-16)6-8-13/h5-8,12H,3-4,10H2,1-2H3,(H,17,21)(H,19,20). The summed E-state index contributed by atoms with van der Waals surface area (Å²) in [4.78, 5) is 24.4. The SMILES string of the molecule is CCCC(CNC(=O)N(C)c1ccc(C#N)cc1)C(=O)O. The maximum atomic E-state index is 12.0. The van der Waals surface area contributed by atoms with Gasteiger partial charge in [0.15, 0.2) is 0 Å². The summed E-state index contributed by atoms with van der Waals surface area (Å²) in [6.07, 6.45) is 1.27. The van der Waals surface area contributed by atoms with Gasteiger partial charge in [0.2, 0.25) is 0 Å². The molecule has 0 saturated carbocycles. The van der Waals surface area contributed by atoms with E-state index in [4.69, 9.17) is 10.4 Å². The number of benzene rings is 1. The monoisotopic (exact) mass is 289 g/mol. The minimum atomic E-state index is -0.904. The first-order chi connectivity index (χ1) is 9.99. The van der Waals surface area contributed by atoms with E-state index in [0.29, 0.717) is 17.7 Å². The third kappa shape index (κ3) is 4.80. The quantitative estimate of drug-likeness (QED) is 0.839. The number of anilines is 1. The number of hydrogen-bond donors (Lipinski definition) is 2. The normalized spacial score (nSPS) is 11.3. The van der Waals surface area contributed by atoms with E-state index in [1.54, 1.807) is 31.3 Å². The first-order valence-electron chi connectivity index (χ1n) is 6.74. The molecular weight excluding hydrogens is 270 g/mol. The molecule has 1 aromatic carbocycles. The minimum absolute atomic E-state index is 0.0998. The first-order valence-corrected chi connectivity index (χ1v) is 6.74. The summed E-state index contributed by atoms with van der Waals surface area (Å²) in [5.74, 6) is -1.48. The van der Waals surface area contributed by atoms with Gasteiger partial charge in [0.05, 0.1) is 17.6 Å². The third-order valence-electron chi connectivity index (χ3n) is 3.17. The molecule has 0 spiro atoms. The average Bonchev–Trinajstić information content (AvgIpc) is 2.50. The van der Waals surface area contributed by atoms with Crippen molar-refractivity contribution in [1.82, 2.24) is 5.32 Å². The largest absolute Gasteiger partial charge is 0.481 e. The number of carboxylic acid groups (broad SMARTS) is 1. The zero-order valence-corrected chi connectivity index (χ0v) is 12.2. The molecule has 112 valence electrons. The Morgan fingerprint density at radius 1 is 1.38 bits per heavy atom. The Morgan fingerprint density at radius 3 is 2.48 bits per heavy atom. The molecule has 21 heavy (non-hydrogen) atoms. The zero-order chi connectivity index (χ0) is 15.8. The van der Waals surface area contributed by atoms with Gasteiger partial charge in [0.25, 0.3) is 0 Å².